The van der Waals surface area contributed by atoms with Crippen LogP contribution in [-0.2, 0) is 19.4 Å². The monoisotopic (exact) mass is 473 g/mol. The van der Waals surface area contributed by atoms with Gasteiger partial charge in [0.15, 0.2) is 17.4 Å². The summed E-state index contributed by atoms with van der Waals surface area (Å²) in [4.78, 5) is 8.17. The number of benzene rings is 2. The number of aromatic nitrogens is 4. The Morgan fingerprint density at radius 3 is 2.68 bits per heavy atom. The molecule has 1 unspecified atom stereocenters. The van der Waals surface area contributed by atoms with Gasteiger partial charge in [-0.25, -0.2) is 14.3 Å². The molecule has 1 aliphatic heterocycles. The molecule has 34 heavy (non-hydrogen) atoms. The first-order valence-corrected chi connectivity index (χ1v) is 11.1. The number of nitrogens with one attached hydrogen (secondary N) is 2. The number of aryl methyl sites for hydroxylation is 1. The van der Waals surface area contributed by atoms with Crippen molar-refractivity contribution in [2.45, 2.75) is 52.0 Å². The maximum Gasteiger partial charge on any atom is 0.460 e. The van der Waals surface area contributed by atoms with Crippen molar-refractivity contribution in [1.82, 2.24) is 25.1 Å². The Bertz CT molecular complexity index is 1370. The van der Waals surface area contributed by atoms with Crippen molar-refractivity contribution in [2.24, 2.45) is 0 Å². The number of aromatic hydroxyl groups is 1. The van der Waals surface area contributed by atoms with Gasteiger partial charge in [0.2, 0.25) is 0 Å². The van der Waals surface area contributed by atoms with Crippen molar-refractivity contribution in [3.63, 3.8) is 0 Å². The predicted octanol–water partition coefficient (Wildman–Crippen LogP) is 5.68. The van der Waals surface area contributed by atoms with E-state index >= 15 is 0 Å². The topological polar surface area (TPSA) is 80.8 Å². The maximum absolute atomic E-state index is 14.0. The molecule has 0 fully saturated rings. The van der Waals surface area contributed by atoms with Crippen LogP contribution >= 0.6 is 0 Å². The van der Waals surface area contributed by atoms with Crippen molar-refractivity contribution < 1.29 is 22.7 Å². The second kappa shape index (κ2) is 8.12. The molecule has 178 valence electrons. The van der Waals surface area contributed by atoms with E-state index in [0.29, 0.717) is 51.7 Å². The van der Waals surface area contributed by atoms with Gasteiger partial charge in [-0.05, 0) is 53.8 Å². The molecule has 3 N–H and O–H groups in total. The summed E-state index contributed by atoms with van der Waals surface area (Å²) in [5, 5.41) is 17.7. The summed E-state index contributed by atoms with van der Waals surface area (Å²) in [6, 6.07) is 7.57. The quantitative estimate of drug-likeness (QED) is 0.263. The molecule has 2 aromatic heterocycles. The van der Waals surface area contributed by atoms with Crippen molar-refractivity contribution in [1.29, 1.82) is 0 Å². The molecule has 0 bridgehead atoms. The van der Waals surface area contributed by atoms with Crippen molar-refractivity contribution in [3.05, 3.63) is 53.1 Å². The summed E-state index contributed by atoms with van der Waals surface area (Å²) >= 11 is 0. The van der Waals surface area contributed by atoms with E-state index in [1.54, 1.807) is 6.92 Å². The van der Waals surface area contributed by atoms with Crippen LogP contribution in [0.3, 0.4) is 0 Å². The molecule has 0 saturated heterocycles. The Hall–Kier alpha value is -3.40. The first-order valence-electron chi connectivity index (χ1n) is 11.1. The van der Waals surface area contributed by atoms with Crippen molar-refractivity contribution in [2.75, 3.05) is 0 Å². The van der Waals surface area contributed by atoms with Gasteiger partial charge in [-0.3, -0.25) is 5.10 Å². The van der Waals surface area contributed by atoms with Crippen LogP contribution in [0.15, 0.2) is 30.3 Å². The number of halogens is 4. The Labute approximate surface area is 192 Å². The largest absolute Gasteiger partial charge is 0.505 e. The van der Waals surface area contributed by atoms with Crippen molar-refractivity contribution in [3.8, 4) is 28.4 Å². The summed E-state index contributed by atoms with van der Waals surface area (Å²) in [6.07, 6.45) is -3.22. The van der Waals surface area contributed by atoms with E-state index in [1.807, 2.05) is 25.1 Å². The number of imidazole rings is 1. The highest BCUT2D eigenvalue weighted by atomic mass is 19.4. The zero-order valence-electron chi connectivity index (χ0n) is 18.6. The third-order valence-electron chi connectivity index (χ3n) is 6.51. The Morgan fingerprint density at radius 2 is 1.97 bits per heavy atom. The van der Waals surface area contributed by atoms with Crippen molar-refractivity contribution >= 4 is 10.9 Å². The number of H-pyrrole nitrogens is 2. The zero-order chi connectivity index (χ0) is 24.2. The van der Waals surface area contributed by atoms with E-state index in [-0.39, 0.29) is 18.7 Å². The minimum absolute atomic E-state index is 0.209. The van der Waals surface area contributed by atoms with Crippen LogP contribution in [0, 0.1) is 5.82 Å². The summed E-state index contributed by atoms with van der Waals surface area (Å²) in [5.74, 6) is -0.674. The lowest BCUT2D eigenvalue weighted by Gasteiger charge is -2.35. The lowest BCUT2D eigenvalue weighted by atomic mass is 9.96. The second-order valence-corrected chi connectivity index (χ2v) is 8.52. The fourth-order valence-corrected chi connectivity index (χ4v) is 4.69. The molecular weight excluding hydrogens is 450 g/mol. The van der Waals surface area contributed by atoms with E-state index < -0.39 is 18.2 Å². The lowest BCUT2D eigenvalue weighted by Crippen LogP contribution is -2.48. The average molecular weight is 473 g/mol. The van der Waals surface area contributed by atoms with Crippen LogP contribution in [0.5, 0.6) is 5.75 Å². The molecule has 5 rings (SSSR count). The summed E-state index contributed by atoms with van der Waals surface area (Å²) in [6.45, 7) is 3.39. The number of rotatable bonds is 4. The second-order valence-electron chi connectivity index (χ2n) is 8.52. The molecule has 1 atom stereocenters. The standard InChI is InChI=1S/C24H23F4N5O/c1-3-12-8-21(34)17(25)10-16(12)13-5-6-15-18(7-13)31-32-22(15)23-29-19-9-14(4-2)33(24(26,27)28)11-20(19)30-23/h5-8,10,14,34H,3-4,9,11H2,1-2H3,(H,29,30)(H,31,32). The van der Waals surface area contributed by atoms with Gasteiger partial charge in [-0.1, -0.05) is 19.9 Å². The molecule has 0 aliphatic carbocycles. The average Bonchev–Trinajstić information content (AvgIpc) is 3.41. The summed E-state index contributed by atoms with van der Waals surface area (Å²) in [5.41, 5.74) is 4.48. The van der Waals surface area contributed by atoms with Gasteiger partial charge in [0.1, 0.15) is 5.69 Å². The molecule has 0 radical (unpaired) electrons. The smallest absolute Gasteiger partial charge is 0.460 e. The van der Waals surface area contributed by atoms with E-state index in [4.69, 9.17) is 0 Å². The maximum atomic E-state index is 14.0. The Morgan fingerprint density at radius 1 is 1.18 bits per heavy atom. The first-order chi connectivity index (χ1) is 16.2. The molecule has 0 saturated carbocycles. The number of alkyl halides is 3. The van der Waals surface area contributed by atoms with Crippen LogP contribution < -0.4 is 0 Å². The molecule has 10 heteroatoms. The molecule has 4 aromatic rings. The predicted molar refractivity (Wildman–Crippen MR) is 119 cm³/mol. The molecule has 6 nitrogen and oxygen atoms in total. The Balaban J connectivity index is 1.52. The van der Waals surface area contributed by atoms with Gasteiger partial charge < -0.3 is 10.1 Å². The third-order valence-corrected chi connectivity index (χ3v) is 6.51. The van der Waals surface area contributed by atoms with Crippen LogP contribution in [0.1, 0.15) is 37.2 Å². The van der Waals surface area contributed by atoms with Crippen LogP contribution in [-0.4, -0.2) is 42.5 Å². The zero-order valence-corrected chi connectivity index (χ0v) is 18.6. The molecule has 0 amide bonds. The van der Waals surface area contributed by atoms with E-state index in [9.17, 15) is 22.7 Å². The fraction of sp³-hybridized carbons (Fsp3) is 0.333. The highest BCUT2D eigenvalue weighted by Crippen LogP contribution is 2.36. The molecule has 1 aliphatic rings. The number of hydrogen-bond donors (Lipinski definition) is 3. The van der Waals surface area contributed by atoms with E-state index in [2.05, 4.69) is 20.2 Å². The highest BCUT2D eigenvalue weighted by molar-refractivity contribution is 5.94. The fourth-order valence-electron chi connectivity index (χ4n) is 4.69. The van der Waals surface area contributed by atoms with Gasteiger partial charge in [-0.2, -0.15) is 18.3 Å². The SMILES string of the molecule is CCc1cc(O)c(F)cc1-c1ccc2c(-c3nc4c([nH]3)CN(C(F)(F)F)C(CC)C4)n[nH]c2c1. The molecule has 3 heterocycles. The number of phenolic OH excluding ortho intramolecular Hbond substituents is 1. The Kier molecular flexibility index (Phi) is 5.35. The summed E-state index contributed by atoms with van der Waals surface area (Å²) in [7, 11) is 0. The molecule has 2 aromatic carbocycles. The number of phenols is 1. The highest BCUT2D eigenvalue weighted by Gasteiger charge is 2.44. The third kappa shape index (κ3) is 3.71. The lowest BCUT2D eigenvalue weighted by molar-refractivity contribution is -0.265. The van der Waals surface area contributed by atoms with E-state index in [0.717, 1.165) is 16.5 Å². The molecule has 0 spiro atoms. The number of aromatic amines is 2. The minimum Gasteiger partial charge on any atom is -0.505 e. The van der Waals surface area contributed by atoms with Crippen LogP contribution in [0.2, 0.25) is 0 Å². The minimum atomic E-state index is -4.41. The molecular formula is C24H23F4N5O. The van der Waals surface area contributed by atoms with Gasteiger partial charge in [0, 0.05) is 24.4 Å². The number of hydrogen-bond acceptors (Lipinski definition) is 4. The number of nitrogens with zero attached hydrogens (tertiary/aromatic N) is 3. The summed E-state index contributed by atoms with van der Waals surface area (Å²) < 4.78 is 54.5. The van der Waals surface area contributed by atoms with Gasteiger partial charge >= 0.3 is 6.30 Å². The van der Waals surface area contributed by atoms with Gasteiger partial charge in [0.25, 0.3) is 0 Å². The van der Waals surface area contributed by atoms with Crippen LogP contribution in [0.25, 0.3) is 33.5 Å². The van der Waals surface area contributed by atoms with Crippen LogP contribution in [0.4, 0.5) is 17.6 Å². The number of fused-ring (bicyclic) bond motifs is 2. The first kappa shape index (κ1) is 22.4. The normalized spacial score (nSPS) is 16.8. The van der Waals surface area contributed by atoms with Gasteiger partial charge in [0.05, 0.1) is 16.9 Å². The van der Waals surface area contributed by atoms with Gasteiger partial charge in [-0.15, -0.1) is 0 Å². The van der Waals surface area contributed by atoms with E-state index in [1.165, 1.54) is 12.1 Å².